The molecule has 2 N–H and O–H groups in total. The van der Waals surface area contributed by atoms with Crippen LogP contribution < -0.4 is 10.1 Å². The van der Waals surface area contributed by atoms with Crippen molar-refractivity contribution in [1.29, 1.82) is 0 Å². The summed E-state index contributed by atoms with van der Waals surface area (Å²) in [5.74, 6) is 0.503. The molecular weight excluding hydrogens is 314 g/mol. The minimum Gasteiger partial charge on any atom is -0.486 e. The van der Waals surface area contributed by atoms with Crippen molar-refractivity contribution < 1.29 is 14.6 Å². The Hall–Kier alpha value is -1.99. The number of carbonyl (C=O) groups is 1. The smallest absolute Gasteiger partial charge is 0.226 e. The molecule has 1 aliphatic rings. The van der Waals surface area contributed by atoms with Crippen LogP contribution in [0.5, 0.6) is 5.75 Å². The lowest BCUT2D eigenvalue weighted by atomic mass is 10.2. The number of aliphatic hydroxyl groups is 1. The molecule has 1 fully saturated rings. The SMILES string of the molecule is Cc1nc(CC(=O)N[C@@H]2CC[C@@H](Oc3cccnc3)[C@@H]2O)cs1. The standard InChI is InChI=1S/C16H19N3O3S/c1-10-18-11(9-23-10)7-15(20)19-13-4-5-14(16(13)21)22-12-3-2-6-17-8-12/h2-3,6,8-9,13-14,16,21H,4-5,7H2,1H3,(H,19,20)/t13-,14-,16-/m1/s1. The zero-order chi connectivity index (χ0) is 16.2. The van der Waals surface area contributed by atoms with E-state index in [2.05, 4.69) is 15.3 Å². The minimum absolute atomic E-state index is 0.124. The third kappa shape index (κ3) is 4.05. The van der Waals surface area contributed by atoms with Gasteiger partial charge in [0.05, 0.1) is 29.4 Å². The maximum absolute atomic E-state index is 12.1. The minimum atomic E-state index is -0.726. The lowest BCUT2D eigenvalue weighted by Gasteiger charge is -2.21. The van der Waals surface area contributed by atoms with E-state index in [-0.39, 0.29) is 24.5 Å². The number of ether oxygens (including phenoxy) is 1. The zero-order valence-corrected chi connectivity index (χ0v) is 13.6. The van der Waals surface area contributed by atoms with Gasteiger partial charge >= 0.3 is 0 Å². The number of aryl methyl sites for hydroxylation is 1. The van der Waals surface area contributed by atoms with E-state index < -0.39 is 6.10 Å². The molecule has 1 aliphatic carbocycles. The fourth-order valence-corrected chi connectivity index (χ4v) is 3.35. The Kier molecular flexibility index (Phi) is 4.88. The van der Waals surface area contributed by atoms with Gasteiger partial charge in [-0.3, -0.25) is 9.78 Å². The normalized spacial score (nSPS) is 23.7. The molecule has 23 heavy (non-hydrogen) atoms. The number of nitrogens with one attached hydrogen (secondary N) is 1. The van der Waals surface area contributed by atoms with E-state index in [0.29, 0.717) is 18.6 Å². The highest BCUT2D eigenvalue weighted by Crippen LogP contribution is 2.25. The second-order valence-corrected chi connectivity index (χ2v) is 6.68. The largest absolute Gasteiger partial charge is 0.486 e. The predicted molar refractivity (Wildman–Crippen MR) is 86.4 cm³/mol. The molecule has 1 amide bonds. The van der Waals surface area contributed by atoms with Crippen LogP contribution in [0.25, 0.3) is 0 Å². The molecule has 2 aromatic heterocycles. The van der Waals surface area contributed by atoms with Crippen molar-refractivity contribution in [2.45, 2.75) is 44.4 Å². The monoisotopic (exact) mass is 333 g/mol. The molecule has 0 bridgehead atoms. The third-order valence-electron chi connectivity index (χ3n) is 3.83. The molecule has 0 aliphatic heterocycles. The topological polar surface area (TPSA) is 84.3 Å². The van der Waals surface area contributed by atoms with E-state index in [4.69, 9.17) is 4.74 Å². The van der Waals surface area contributed by atoms with E-state index in [1.165, 1.54) is 11.3 Å². The van der Waals surface area contributed by atoms with Gasteiger partial charge in [0.15, 0.2) is 0 Å². The van der Waals surface area contributed by atoms with E-state index in [0.717, 1.165) is 10.7 Å². The Morgan fingerprint density at radius 1 is 1.52 bits per heavy atom. The lowest BCUT2D eigenvalue weighted by molar-refractivity contribution is -0.122. The van der Waals surface area contributed by atoms with Crippen LogP contribution >= 0.6 is 11.3 Å². The van der Waals surface area contributed by atoms with Gasteiger partial charge in [0.2, 0.25) is 5.91 Å². The predicted octanol–water partition coefficient (Wildman–Crippen LogP) is 1.48. The average molecular weight is 333 g/mol. The summed E-state index contributed by atoms with van der Waals surface area (Å²) in [6, 6.07) is 3.30. The molecule has 0 radical (unpaired) electrons. The van der Waals surface area contributed by atoms with Crippen LogP contribution in [-0.4, -0.2) is 39.2 Å². The van der Waals surface area contributed by atoms with Gasteiger partial charge in [0.1, 0.15) is 18.0 Å². The van der Waals surface area contributed by atoms with Crippen LogP contribution in [-0.2, 0) is 11.2 Å². The highest BCUT2D eigenvalue weighted by molar-refractivity contribution is 7.09. The highest BCUT2D eigenvalue weighted by Gasteiger charge is 2.37. The molecule has 6 nitrogen and oxygen atoms in total. The summed E-state index contributed by atoms with van der Waals surface area (Å²) in [5.41, 5.74) is 0.764. The molecule has 1 saturated carbocycles. The number of hydrogen-bond acceptors (Lipinski definition) is 6. The first-order valence-electron chi connectivity index (χ1n) is 7.57. The number of nitrogens with zero attached hydrogens (tertiary/aromatic N) is 2. The highest BCUT2D eigenvalue weighted by atomic mass is 32.1. The number of aliphatic hydroxyl groups excluding tert-OH is 1. The molecule has 0 aromatic carbocycles. The zero-order valence-electron chi connectivity index (χ0n) is 12.8. The molecule has 122 valence electrons. The molecule has 7 heteroatoms. The fraction of sp³-hybridized carbons (Fsp3) is 0.438. The average Bonchev–Trinajstić information content (AvgIpc) is 3.08. The van der Waals surface area contributed by atoms with Gasteiger partial charge in [0, 0.05) is 11.6 Å². The summed E-state index contributed by atoms with van der Waals surface area (Å²) in [7, 11) is 0. The Balaban J connectivity index is 1.52. The summed E-state index contributed by atoms with van der Waals surface area (Å²) < 4.78 is 5.75. The summed E-state index contributed by atoms with van der Waals surface area (Å²) in [6.07, 6.45) is 3.85. The maximum atomic E-state index is 12.1. The summed E-state index contributed by atoms with van der Waals surface area (Å²) in [5, 5.41) is 16.1. The van der Waals surface area contributed by atoms with Crippen LogP contribution in [0.1, 0.15) is 23.5 Å². The molecule has 0 unspecified atom stereocenters. The van der Waals surface area contributed by atoms with E-state index in [1.54, 1.807) is 24.5 Å². The molecule has 0 saturated heterocycles. The number of rotatable bonds is 5. The van der Waals surface area contributed by atoms with Crippen molar-refractivity contribution in [3.63, 3.8) is 0 Å². The molecule has 3 atom stereocenters. The van der Waals surface area contributed by atoms with Crippen LogP contribution in [0, 0.1) is 6.92 Å². The molecule has 3 rings (SSSR count). The van der Waals surface area contributed by atoms with Crippen molar-refractivity contribution >= 4 is 17.2 Å². The van der Waals surface area contributed by atoms with Crippen molar-refractivity contribution in [3.8, 4) is 5.75 Å². The van der Waals surface area contributed by atoms with E-state index in [9.17, 15) is 9.90 Å². The summed E-state index contributed by atoms with van der Waals surface area (Å²) >= 11 is 1.52. The lowest BCUT2D eigenvalue weighted by Crippen LogP contribution is -2.44. The van der Waals surface area contributed by atoms with Gasteiger partial charge in [-0.2, -0.15) is 0 Å². The van der Waals surface area contributed by atoms with Gasteiger partial charge in [-0.1, -0.05) is 0 Å². The van der Waals surface area contributed by atoms with E-state index >= 15 is 0 Å². The Bertz CT molecular complexity index is 662. The van der Waals surface area contributed by atoms with Gasteiger partial charge in [-0.05, 0) is 31.9 Å². The number of pyridine rings is 1. The second-order valence-electron chi connectivity index (χ2n) is 5.62. The number of amides is 1. The van der Waals surface area contributed by atoms with Gasteiger partial charge in [-0.25, -0.2) is 4.98 Å². The van der Waals surface area contributed by atoms with Gasteiger partial charge in [0.25, 0.3) is 0 Å². The van der Waals surface area contributed by atoms with Crippen LogP contribution in [0.2, 0.25) is 0 Å². The number of carbonyl (C=O) groups excluding carboxylic acids is 1. The number of hydrogen-bond donors (Lipinski definition) is 2. The van der Waals surface area contributed by atoms with Gasteiger partial charge < -0.3 is 15.2 Å². The second kappa shape index (κ2) is 7.06. The van der Waals surface area contributed by atoms with Crippen molar-refractivity contribution in [3.05, 3.63) is 40.6 Å². The summed E-state index contributed by atoms with van der Waals surface area (Å²) in [4.78, 5) is 20.3. The quantitative estimate of drug-likeness (QED) is 0.866. The molecule has 2 heterocycles. The van der Waals surface area contributed by atoms with Crippen LogP contribution in [0.4, 0.5) is 0 Å². The maximum Gasteiger partial charge on any atom is 0.226 e. The first-order chi connectivity index (χ1) is 11.1. The molecule has 2 aromatic rings. The van der Waals surface area contributed by atoms with Crippen molar-refractivity contribution in [2.75, 3.05) is 0 Å². The van der Waals surface area contributed by atoms with Gasteiger partial charge in [-0.15, -0.1) is 11.3 Å². The van der Waals surface area contributed by atoms with Crippen LogP contribution in [0.3, 0.4) is 0 Å². The molecule has 0 spiro atoms. The van der Waals surface area contributed by atoms with Crippen molar-refractivity contribution in [2.24, 2.45) is 0 Å². The Morgan fingerprint density at radius 3 is 3.09 bits per heavy atom. The first kappa shape index (κ1) is 15.9. The first-order valence-corrected chi connectivity index (χ1v) is 8.45. The number of aromatic nitrogens is 2. The Labute approximate surface area is 138 Å². The molecular formula is C16H19N3O3S. The number of thiazole rings is 1. The van der Waals surface area contributed by atoms with Crippen LogP contribution in [0.15, 0.2) is 29.9 Å². The van der Waals surface area contributed by atoms with Crippen molar-refractivity contribution in [1.82, 2.24) is 15.3 Å². The third-order valence-corrected chi connectivity index (χ3v) is 4.65. The fourth-order valence-electron chi connectivity index (χ4n) is 2.73. The van der Waals surface area contributed by atoms with E-state index in [1.807, 2.05) is 12.3 Å². The summed E-state index contributed by atoms with van der Waals surface area (Å²) in [6.45, 7) is 1.91. The Morgan fingerprint density at radius 2 is 2.39 bits per heavy atom.